The number of rotatable bonds is 5. The van der Waals surface area contributed by atoms with Crippen molar-refractivity contribution < 1.29 is 9.50 Å². The third-order valence-electron chi connectivity index (χ3n) is 5.35. The van der Waals surface area contributed by atoms with Gasteiger partial charge in [-0.2, -0.15) is 5.10 Å². The minimum Gasteiger partial charge on any atom is -0.393 e. The van der Waals surface area contributed by atoms with Crippen LogP contribution >= 0.6 is 0 Å². The Balaban J connectivity index is 1.53. The van der Waals surface area contributed by atoms with Gasteiger partial charge in [0.25, 0.3) is 0 Å². The van der Waals surface area contributed by atoms with Crippen LogP contribution in [0, 0.1) is 26.6 Å². The molecule has 0 aliphatic heterocycles. The van der Waals surface area contributed by atoms with Gasteiger partial charge in [-0.15, -0.1) is 0 Å². The van der Waals surface area contributed by atoms with Gasteiger partial charge >= 0.3 is 0 Å². The van der Waals surface area contributed by atoms with Crippen molar-refractivity contribution in [3.63, 3.8) is 0 Å². The molecule has 2 aromatic heterocycles. The fraction of sp³-hybridized carbons (Fsp3) is 0.381. The van der Waals surface area contributed by atoms with E-state index in [0.29, 0.717) is 12.5 Å². The predicted octanol–water partition coefficient (Wildman–Crippen LogP) is 3.58. The number of aryl methyl sites for hydroxylation is 2. The number of anilines is 1. The van der Waals surface area contributed by atoms with E-state index in [1.54, 1.807) is 12.1 Å². The van der Waals surface area contributed by atoms with E-state index in [1.807, 2.05) is 31.5 Å². The van der Waals surface area contributed by atoms with Crippen molar-refractivity contribution >= 4 is 5.82 Å². The first-order valence-electron chi connectivity index (χ1n) is 9.49. The molecule has 0 spiro atoms. The number of aromatic nitrogens is 4. The Labute approximate surface area is 163 Å². The lowest BCUT2D eigenvalue weighted by molar-refractivity contribution is 0.0731. The second kappa shape index (κ2) is 7.31. The average molecular weight is 381 g/mol. The molecular weight excluding hydrogens is 357 g/mol. The molecule has 2 heterocycles. The molecule has 1 fully saturated rings. The lowest BCUT2D eigenvalue weighted by Gasteiger charge is -2.31. The molecule has 0 radical (unpaired) electrons. The van der Waals surface area contributed by atoms with Crippen LogP contribution in [0.25, 0.3) is 5.69 Å². The molecule has 0 bridgehead atoms. The zero-order valence-corrected chi connectivity index (χ0v) is 16.3. The highest BCUT2D eigenvalue weighted by Crippen LogP contribution is 2.36. The van der Waals surface area contributed by atoms with Crippen molar-refractivity contribution in [1.29, 1.82) is 0 Å². The molecule has 0 amide bonds. The van der Waals surface area contributed by atoms with E-state index in [4.69, 9.17) is 0 Å². The second-order valence-corrected chi connectivity index (χ2v) is 7.44. The van der Waals surface area contributed by atoms with Crippen LogP contribution in [-0.2, 0) is 6.54 Å². The lowest BCUT2D eigenvalue weighted by Crippen LogP contribution is -2.27. The van der Waals surface area contributed by atoms with Crippen LogP contribution in [0.3, 0.4) is 0 Å². The first-order valence-corrected chi connectivity index (χ1v) is 9.49. The highest BCUT2D eigenvalue weighted by Gasteiger charge is 2.30. The molecule has 0 atom stereocenters. The van der Waals surface area contributed by atoms with E-state index < -0.39 is 0 Å². The molecule has 2 N–H and O–H groups in total. The summed E-state index contributed by atoms with van der Waals surface area (Å²) in [6.45, 7) is 6.44. The zero-order chi connectivity index (χ0) is 19.8. The van der Waals surface area contributed by atoms with Gasteiger partial charge in [0.1, 0.15) is 17.5 Å². The van der Waals surface area contributed by atoms with E-state index >= 15 is 0 Å². The second-order valence-electron chi connectivity index (χ2n) is 7.44. The topological polar surface area (TPSA) is 75.9 Å². The maximum Gasteiger partial charge on any atom is 0.130 e. The van der Waals surface area contributed by atoms with Gasteiger partial charge in [0, 0.05) is 35.5 Å². The van der Waals surface area contributed by atoms with Crippen molar-refractivity contribution in [2.24, 2.45) is 0 Å². The minimum absolute atomic E-state index is 0.209. The first-order chi connectivity index (χ1) is 13.4. The van der Waals surface area contributed by atoms with Crippen LogP contribution in [0.2, 0.25) is 0 Å². The minimum atomic E-state index is -0.263. The van der Waals surface area contributed by atoms with Gasteiger partial charge in [-0.3, -0.25) is 0 Å². The quantitative estimate of drug-likeness (QED) is 0.707. The van der Waals surface area contributed by atoms with Gasteiger partial charge in [-0.25, -0.2) is 19.0 Å². The van der Waals surface area contributed by atoms with Gasteiger partial charge in [0.15, 0.2) is 0 Å². The highest BCUT2D eigenvalue weighted by atomic mass is 19.1. The smallest absolute Gasteiger partial charge is 0.130 e. The average Bonchev–Trinajstić information content (AvgIpc) is 2.91. The van der Waals surface area contributed by atoms with E-state index in [2.05, 4.69) is 20.4 Å². The Morgan fingerprint density at radius 2 is 1.86 bits per heavy atom. The number of halogens is 1. The largest absolute Gasteiger partial charge is 0.393 e. The number of aliphatic hydroxyl groups excluding tert-OH is 1. The molecule has 6 nitrogen and oxygen atoms in total. The summed E-state index contributed by atoms with van der Waals surface area (Å²) in [4.78, 5) is 9.01. The standard InChI is InChI=1S/C21H24FN5O/c1-12-19(13(2)27(26-12)17-6-4-16(22)5-7-17)11-23-21-10-20(24-14(3)25-21)15-8-18(28)9-15/h4-7,10,15,18,28H,8-9,11H2,1-3H3,(H,23,24,25). The highest BCUT2D eigenvalue weighted by molar-refractivity contribution is 5.42. The fourth-order valence-corrected chi connectivity index (χ4v) is 3.66. The number of aliphatic hydroxyl groups is 1. The van der Waals surface area contributed by atoms with Gasteiger partial charge in [-0.05, 0) is 57.9 Å². The third-order valence-corrected chi connectivity index (χ3v) is 5.35. The predicted molar refractivity (Wildman–Crippen MR) is 105 cm³/mol. The number of hydrogen-bond donors (Lipinski definition) is 2. The van der Waals surface area contributed by atoms with Crippen LogP contribution in [-0.4, -0.2) is 31.0 Å². The lowest BCUT2D eigenvalue weighted by atomic mass is 9.80. The molecule has 1 saturated carbocycles. The molecule has 1 aliphatic carbocycles. The molecule has 1 aliphatic rings. The molecule has 28 heavy (non-hydrogen) atoms. The van der Waals surface area contributed by atoms with E-state index in [-0.39, 0.29) is 11.9 Å². The Kier molecular flexibility index (Phi) is 4.85. The first kappa shape index (κ1) is 18.6. The molecule has 3 aromatic rings. The summed E-state index contributed by atoms with van der Waals surface area (Å²) in [5.41, 5.74) is 4.82. The fourth-order valence-electron chi connectivity index (χ4n) is 3.66. The summed E-state index contributed by atoms with van der Waals surface area (Å²) >= 11 is 0. The summed E-state index contributed by atoms with van der Waals surface area (Å²) in [5, 5.41) is 17.5. The van der Waals surface area contributed by atoms with Crippen molar-refractivity contribution in [3.05, 3.63) is 64.6 Å². The summed E-state index contributed by atoms with van der Waals surface area (Å²) in [5.74, 6) is 1.54. The Morgan fingerprint density at radius 1 is 1.14 bits per heavy atom. The molecule has 0 saturated heterocycles. The Hall–Kier alpha value is -2.80. The van der Waals surface area contributed by atoms with Crippen LogP contribution in [0.4, 0.5) is 10.2 Å². The number of benzene rings is 1. The monoisotopic (exact) mass is 381 g/mol. The van der Waals surface area contributed by atoms with Gasteiger partial charge < -0.3 is 10.4 Å². The molecule has 7 heteroatoms. The molecule has 0 unspecified atom stereocenters. The third kappa shape index (κ3) is 3.62. The van der Waals surface area contributed by atoms with Crippen LogP contribution in [0.5, 0.6) is 0 Å². The molecule has 146 valence electrons. The van der Waals surface area contributed by atoms with Crippen LogP contribution in [0.15, 0.2) is 30.3 Å². The molecule has 1 aromatic carbocycles. The van der Waals surface area contributed by atoms with Crippen molar-refractivity contribution in [2.75, 3.05) is 5.32 Å². The van der Waals surface area contributed by atoms with Gasteiger partial charge in [0.05, 0.1) is 17.5 Å². The van der Waals surface area contributed by atoms with Crippen molar-refractivity contribution in [1.82, 2.24) is 19.7 Å². The van der Waals surface area contributed by atoms with E-state index in [1.165, 1.54) is 12.1 Å². The number of hydrogen-bond acceptors (Lipinski definition) is 5. The normalized spacial score (nSPS) is 18.8. The summed E-state index contributed by atoms with van der Waals surface area (Å²) in [7, 11) is 0. The zero-order valence-electron chi connectivity index (χ0n) is 16.3. The summed E-state index contributed by atoms with van der Waals surface area (Å²) in [6.07, 6.45) is 1.32. The van der Waals surface area contributed by atoms with Gasteiger partial charge in [-0.1, -0.05) is 0 Å². The molecule has 4 rings (SSSR count). The van der Waals surface area contributed by atoms with Crippen molar-refractivity contribution in [2.45, 2.75) is 52.2 Å². The van der Waals surface area contributed by atoms with Crippen molar-refractivity contribution in [3.8, 4) is 5.69 Å². The maximum atomic E-state index is 13.2. The molecular formula is C21H24FN5O. The van der Waals surface area contributed by atoms with Crippen LogP contribution < -0.4 is 5.32 Å². The number of nitrogens with one attached hydrogen (secondary N) is 1. The number of nitrogens with zero attached hydrogens (tertiary/aromatic N) is 4. The maximum absolute atomic E-state index is 13.2. The summed E-state index contributed by atoms with van der Waals surface area (Å²) in [6, 6.07) is 8.29. The van der Waals surface area contributed by atoms with Crippen LogP contribution in [0.1, 0.15) is 47.2 Å². The SMILES string of the molecule is Cc1nc(NCc2c(C)nn(-c3ccc(F)cc3)c2C)cc(C2CC(O)C2)n1. The van der Waals surface area contributed by atoms with E-state index in [9.17, 15) is 9.50 Å². The Bertz CT molecular complexity index is 993. The summed E-state index contributed by atoms with van der Waals surface area (Å²) < 4.78 is 15.0. The Morgan fingerprint density at radius 3 is 2.54 bits per heavy atom. The van der Waals surface area contributed by atoms with E-state index in [0.717, 1.165) is 52.8 Å². The van der Waals surface area contributed by atoms with Gasteiger partial charge in [0.2, 0.25) is 0 Å².